The van der Waals surface area contributed by atoms with Gasteiger partial charge in [0.2, 0.25) is 5.91 Å². The smallest absolute Gasteiger partial charge is 0.407 e. The van der Waals surface area contributed by atoms with Gasteiger partial charge >= 0.3 is 12.2 Å². The number of carbonyl (C=O) groups excluding carboxylic acids is 4. The number of benzene rings is 3. The predicted octanol–water partition coefficient (Wildman–Crippen LogP) is 8.73. The summed E-state index contributed by atoms with van der Waals surface area (Å²) in [4.78, 5) is 76.5. The maximum Gasteiger partial charge on any atom is 0.407 e. The van der Waals surface area contributed by atoms with Crippen LogP contribution in [0.1, 0.15) is 127 Å². The van der Waals surface area contributed by atoms with E-state index in [1.54, 1.807) is 14.7 Å². The minimum Gasteiger partial charge on any atom is -0.453 e. The summed E-state index contributed by atoms with van der Waals surface area (Å²) in [6.45, 7) is 13.8. The van der Waals surface area contributed by atoms with Gasteiger partial charge in [0.15, 0.2) is 17.7 Å². The van der Waals surface area contributed by atoms with Gasteiger partial charge in [0.25, 0.3) is 5.91 Å². The minimum absolute atomic E-state index is 0.0113. The molecule has 69 heavy (non-hydrogen) atoms. The summed E-state index contributed by atoms with van der Waals surface area (Å²) >= 11 is 0. The first-order valence-corrected chi connectivity index (χ1v) is 24.3. The van der Waals surface area contributed by atoms with Crippen molar-refractivity contribution in [3.05, 3.63) is 82.9 Å². The third kappa shape index (κ3) is 9.13. The number of nitrogens with one attached hydrogen (secondary N) is 4. The van der Waals surface area contributed by atoms with E-state index in [1.165, 1.54) is 26.3 Å². The number of nitrogens with zero attached hydrogens (tertiary/aromatic N) is 6. The Morgan fingerprint density at radius 3 is 1.71 bits per heavy atom. The van der Waals surface area contributed by atoms with Crippen molar-refractivity contribution >= 4 is 57.4 Å². The van der Waals surface area contributed by atoms with Gasteiger partial charge < -0.3 is 49.7 Å². The Hall–Kier alpha value is -6.46. The Morgan fingerprint density at radius 1 is 0.725 bits per heavy atom. The number of H-pyrrole nitrogens is 2. The SMILES string of the molecule is CNC(=O)O[C@H](C(=O)N1CCC[C@H]1c1nc2ccc([C@H]3CC[C@H](c4ccc5nc([C@@H]6CCCN6C(=O)[C@@H](NC(=O)OC)C(C)C)[nH]c5c4)N3c3cc(F)c(N4CC(C)(C)C4)c(F)c3)cc2[nH]1)C(C)C. The molecule has 16 nitrogen and oxygen atoms in total. The first kappa shape index (κ1) is 47.6. The Morgan fingerprint density at radius 2 is 1.25 bits per heavy atom. The Bertz CT molecular complexity index is 2600. The number of amides is 4. The summed E-state index contributed by atoms with van der Waals surface area (Å²) in [5.74, 6) is -0.804. The van der Waals surface area contributed by atoms with Crippen LogP contribution in [0.3, 0.4) is 0 Å². The van der Waals surface area contributed by atoms with Crippen molar-refractivity contribution in [1.29, 1.82) is 0 Å². The van der Waals surface area contributed by atoms with E-state index in [-0.39, 0.29) is 58.9 Å². The average Bonchev–Trinajstić information content (AvgIpc) is 4.16. The van der Waals surface area contributed by atoms with Gasteiger partial charge in [0.1, 0.15) is 23.4 Å². The fourth-order valence-electron chi connectivity index (χ4n) is 11.1. The quantitative estimate of drug-likeness (QED) is 0.0945. The molecule has 4 saturated heterocycles. The fraction of sp³-hybridized carbons (Fsp3) is 0.529. The molecule has 0 saturated carbocycles. The number of imidazole rings is 2. The first-order valence-electron chi connectivity index (χ1n) is 24.3. The zero-order valence-corrected chi connectivity index (χ0v) is 40.7. The number of ether oxygens (including phenoxy) is 2. The zero-order valence-electron chi connectivity index (χ0n) is 40.7. The lowest BCUT2D eigenvalue weighted by atomic mass is 9.84. The number of alkyl carbamates (subject to hydrolysis) is 2. The van der Waals surface area contributed by atoms with Gasteiger partial charge in [-0.15, -0.1) is 0 Å². The zero-order chi connectivity index (χ0) is 49.1. The van der Waals surface area contributed by atoms with Crippen LogP contribution in [-0.2, 0) is 19.1 Å². The highest BCUT2D eigenvalue weighted by atomic mass is 19.1. The number of halogens is 2. The van der Waals surface area contributed by atoms with Crippen LogP contribution in [0.25, 0.3) is 22.1 Å². The first-order chi connectivity index (χ1) is 32.9. The topological polar surface area (TPSA) is 181 Å². The number of fused-ring (bicyclic) bond motifs is 2. The van der Waals surface area contributed by atoms with Crippen molar-refractivity contribution in [3.63, 3.8) is 0 Å². The number of aromatic amines is 2. The van der Waals surface area contributed by atoms with Crippen LogP contribution in [0.4, 0.5) is 29.7 Å². The molecule has 6 heterocycles. The van der Waals surface area contributed by atoms with E-state index in [2.05, 4.69) is 45.4 Å². The molecular weight excluding hydrogens is 887 g/mol. The van der Waals surface area contributed by atoms with Crippen molar-refractivity contribution in [3.8, 4) is 0 Å². The molecule has 0 spiro atoms. The maximum atomic E-state index is 16.3. The van der Waals surface area contributed by atoms with Crippen LogP contribution in [0.15, 0.2) is 48.5 Å². The monoisotopic (exact) mass is 950 g/mol. The summed E-state index contributed by atoms with van der Waals surface area (Å²) in [5.41, 5.74) is 5.24. The molecule has 368 valence electrons. The van der Waals surface area contributed by atoms with Crippen LogP contribution in [0.2, 0.25) is 0 Å². The van der Waals surface area contributed by atoms with Gasteiger partial charge in [-0.05, 0) is 103 Å². The molecule has 3 aromatic carbocycles. The Labute approximate surface area is 400 Å². The van der Waals surface area contributed by atoms with E-state index >= 15 is 8.78 Å². The van der Waals surface area contributed by atoms with Gasteiger partial charge in [0, 0.05) is 38.9 Å². The number of methoxy groups -OCH3 is 1. The molecule has 18 heteroatoms. The molecule has 6 atom stereocenters. The van der Waals surface area contributed by atoms with E-state index in [4.69, 9.17) is 19.4 Å². The van der Waals surface area contributed by atoms with Crippen molar-refractivity contribution in [2.75, 3.05) is 50.1 Å². The second-order valence-corrected chi connectivity index (χ2v) is 20.6. The third-order valence-corrected chi connectivity index (χ3v) is 14.4. The van der Waals surface area contributed by atoms with E-state index in [1.807, 2.05) is 58.0 Å². The van der Waals surface area contributed by atoms with Crippen molar-refractivity contribution < 1.29 is 37.4 Å². The molecular formula is C51H64F2N10O6. The second-order valence-electron chi connectivity index (χ2n) is 20.6. The second kappa shape index (κ2) is 18.8. The number of likely N-dealkylation sites (tertiary alicyclic amines) is 2. The number of rotatable bonds is 12. The van der Waals surface area contributed by atoms with Crippen LogP contribution in [0, 0.1) is 28.9 Å². The minimum atomic E-state index is -0.950. The van der Waals surface area contributed by atoms with E-state index in [9.17, 15) is 19.2 Å². The van der Waals surface area contributed by atoms with Gasteiger partial charge in [-0.25, -0.2) is 28.3 Å². The highest BCUT2D eigenvalue weighted by molar-refractivity contribution is 5.87. The molecule has 0 unspecified atom stereocenters. The molecule has 2 aromatic heterocycles. The van der Waals surface area contributed by atoms with Crippen molar-refractivity contribution in [2.45, 2.75) is 116 Å². The van der Waals surface area contributed by atoms with Crippen molar-refractivity contribution in [2.24, 2.45) is 17.3 Å². The number of anilines is 2. The lowest BCUT2D eigenvalue weighted by Gasteiger charge is -2.47. The summed E-state index contributed by atoms with van der Waals surface area (Å²) in [6.07, 6.45) is 2.02. The normalized spacial score (nSPS) is 22.1. The molecule has 5 aromatic rings. The van der Waals surface area contributed by atoms with Crippen LogP contribution in [0.5, 0.6) is 0 Å². The Kier molecular flexibility index (Phi) is 13.0. The summed E-state index contributed by atoms with van der Waals surface area (Å²) in [7, 11) is 2.73. The van der Waals surface area contributed by atoms with E-state index in [0.717, 1.165) is 46.0 Å². The predicted molar refractivity (Wildman–Crippen MR) is 257 cm³/mol. The highest BCUT2D eigenvalue weighted by Gasteiger charge is 2.42. The Balaban J connectivity index is 1.03. The summed E-state index contributed by atoms with van der Waals surface area (Å²) in [6, 6.07) is 13.0. The fourth-order valence-corrected chi connectivity index (χ4v) is 11.1. The maximum absolute atomic E-state index is 16.3. The average molecular weight is 951 g/mol. The van der Waals surface area contributed by atoms with Crippen molar-refractivity contribution in [1.82, 2.24) is 40.4 Å². The number of carbonyl (C=O) groups is 4. The third-order valence-electron chi connectivity index (χ3n) is 14.4. The standard InChI is InChI=1S/C51H64F2N10O6/c1-27(2)42(59-50(67)68-8)47(64)61-19-9-11-40(61)45-55-34-15-13-29(21-36(34)57-45)38-17-18-39(63(38)31-23-32(52)43(33(53)24-31)60-25-51(5,6)26-60)30-14-16-35-37(22-30)58-46(56-35)41-12-10-20-62(41)48(65)44(28(3)4)69-49(66)54-7/h13-16,21-24,27-28,38-42,44H,9-12,17-20,25-26H2,1-8H3,(H,54,66)(H,55,57)(H,56,58)(H,59,67)/t38-,39-,40+,41+,42+,44+/m1/s1. The molecule has 0 aliphatic carbocycles. The van der Waals surface area contributed by atoms with Gasteiger partial charge in [-0.3, -0.25) is 9.59 Å². The van der Waals surface area contributed by atoms with Gasteiger partial charge in [-0.1, -0.05) is 53.7 Å². The number of hydrogen-bond acceptors (Lipinski definition) is 10. The number of aromatic nitrogens is 4. The molecule has 4 fully saturated rings. The van der Waals surface area contributed by atoms with E-state index < -0.39 is 36.0 Å². The van der Waals surface area contributed by atoms with E-state index in [0.29, 0.717) is 69.2 Å². The molecule has 0 bridgehead atoms. The van der Waals surface area contributed by atoms with Gasteiger partial charge in [0.05, 0.1) is 53.3 Å². The molecule has 4 aliphatic rings. The van der Waals surface area contributed by atoms with Crippen LogP contribution < -0.4 is 20.4 Å². The summed E-state index contributed by atoms with van der Waals surface area (Å²) < 4.78 is 43.0. The highest BCUT2D eigenvalue weighted by Crippen LogP contribution is 2.49. The molecule has 0 radical (unpaired) electrons. The van der Waals surface area contributed by atoms with Gasteiger partial charge in [-0.2, -0.15) is 0 Å². The summed E-state index contributed by atoms with van der Waals surface area (Å²) in [5, 5.41) is 5.15. The van der Waals surface area contributed by atoms with Crippen LogP contribution in [-0.4, -0.2) is 106 Å². The molecule has 4 aliphatic heterocycles. The molecule has 4 amide bonds. The largest absolute Gasteiger partial charge is 0.453 e. The molecule has 9 rings (SSSR count). The van der Waals surface area contributed by atoms with Crippen LogP contribution >= 0.6 is 0 Å². The lowest BCUT2D eigenvalue weighted by Crippen LogP contribution is -2.53. The molecule has 4 N–H and O–H groups in total. The number of hydrogen-bond donors (Lipinski definition) is 4. The lowest BCUT2D eigenvalue weighted by molar-refractivity contribution is -0.143.